The highest BCUT2D eigenvalue weighted by Gasteiger charge is 2.11. The Hall–Kier alpha value is -1.31. The number of carbonyl (C=O) groups excluding carboxylic acids is 1. The maximum absolute atomic E-state index is 11.8. The predicted octanol–water partition coefficient (Wildman–Crippen LogP) is 3.99. The zero-order chi connectivity index (χ0) is 12.5. The van der Waals surface area contributed by atoms with Gasteiger partial charge in [0, 0.05) is 0 Å². The van der Waals surface area contributed by atoms with Gasteiger partial charge in [0.05, 0.1) is 12.2 Å². The fraction of sp³-hybridized carbons (Fsp3) is 0.533. The Balaban J connectivity index is 2.66. The Morgan fingerprint density at radius 3 is 2.59 bits per heavy atom. The maximum Gasteiger partial charge on any atom is 0.338 e. The predicted molar refractivity (Wildman–Crippen MR) is 70.2 cm³/mol. The molecule has 0 heterocycles. The van der Waals surface area contributed by atoms with E-state index in [1.54, 1.807) is 0 Å². The highest BCUT2D eigenvalue weighted by molar-refractivity contribution is 5.91. The minimum Gasteiger partial charge on any atom is -0.462 e. The van der Waals surface area contributed by atoms with E-state index in [1.165, 1.54) is 12.8 Å². The summed E-state index contributed by atoms with van der Waals surface area (Å²) in [6.45, 7) is 4.68. The summed E-state index contributed by atoms with van der Waals surface area (Å²) in [5.41, 5.74) is 1.85. The van der Waals surface area contributed by atoms with Gasteiger partial charge in [0.15, 0.2) is 0 Å². The minimum atomic E-state index is -0.182. The molecule has 0 aliphatic rings. The number of rotatable bonds is 7. The van der Waals surface area contributed by atoms with Crippen molar-refractivity contribution in [2.45, 2.75) is 46.0 Å². The van der Waals surface area contributed by atoms with Crippen molar-refractivity contribution >= 4 is 5.97 Å². The summed E-state index contributed by atoms with van der Waals surface area (Å²) < 4.78 is 5.19. The van der Waals surface area contributed by atoms with Crippen molar-refractivity contribution in [1.29, 1.82) is 0 Å². The Morgan fingerprint density at radius 2 is 1.88 bits per heavy atom. The SMILES string of the molecule is CCCCCc1ccccc1C(=O)OCCC. The molecule has 0 unspecified atom stereocenters. The van der Waals surface area contributed by atoms with E-state index in [0.717, 1.165) is 30.4 Å². The van der Waals surface area contributed by atoms with Gasteiger partial charge >= 0.3 is 5.97 Å². The molecular formula is C15H22O2. The lowest BCUT2D eigenvalue weighted by molar-refractivity contribution is 0.0504. The molecular weight excluding hydrogens is 212 g/mol. The second-order valence-corrected chi connectivity index (χ2v) is 4.25. The number of carbonyl (C=O) groups is 1. The van der Waals surface area contributed by atoms with Crippen molar-refractivity contribution in [3.8, 4) is 0 Å². The summed E-state index contributed by atoms with van der Waals surface area (Å²) in [6, 6.07) is 7.77. The molecule has 0 fully saturated rings. The van der Waals surface area contributed by atoms with Crippen LogP contribution in [0.1, 0.15) is 55.5 Å². The van der Waals surface area contributed by atoms with Crippen LogP contribution in [-0.4, -0.2) is 12.6 Å². The molecule has 17 heavy (non-hydrogen) atoms. The summed E-state index contributed by atoms with van der Waals surface area (Å²) in [4.78, 5) is 11.8. The van der Waals surface area contributed by atoms with E-state index < -0.39 is 0 Å². The van der Waals surface area contributed by atoms with Crippen LogP contribution in [0.4, 0.5) is 0 Å². The van der Waals surface area contributed by atoms with Crippen molar-refractivity contribution in [3.63, 3.8) is 0 Å². The van der Waals surface area contributed by atoms with E-state index in [2.05, 4.69) is 6.92 Å². The van der Waals surface area contributed by atoms with Crippen LogP contribution in [0.15, 0.2) is 24.3 Å². The Bertz CT molecular complexity index is 345. The minimum absolute atomic E-state index is 0.182. The number of hydrogen-bond donors (Lipinski definition) is 0. The summed E-state index contributed by atoms with van der Waals surface area (Å²) in [5.74, 6) is -0.182. The first-order valence-corrected chi connectivity index (χ1v) is 6.54. The maximum atomic E-state index is 11.8. The van der Waals surface area contributed by atoms with Crippen molar-refractivity contribution in [3.05, 3.63) is 35.4 Å². The van der Waals surface area contributed by atoms with Crippen LogP contribution in [0.3, 0.4) is 0 Å². The van der Waals surface area contributed by atoms with Crippen LogP contribution in [0, 0.1) is 0 Å². The first-order valence-electron chi connectivity index (χ1n) is 6.54. The highest BCUT2D eigenvalue weighted by atomic mass is 16.5. The lowest BCUT2D eigenvalue weighted by atomic mass is 10.0. The van der Waals surface area contributed by atoms with E-state index in [4.69, 9.17) is 4.74 Å². The summed E-state index contributed by atoms with van der Waals surface area (Å²) in [7, 11) is 0. The van der Waals surface area contributed by atoms with E-state index in [-0.39, 0.29) is 5.97 Å². The van der Waals surface area contributed by atoms with Gasteiger partial charge in [-0.2, -0.15) is 0 Å². The number of unbranched alkanes of at least 4 members (excludes halogenated alkanes) is 2. The van der Waals surface area contributed by atoms with Crippen LogP contribution in [-0.2, 0) is 11.2 Å². The molecule has 1 rings (SSSR count). The molecule has 0 aromatic heterocycles. The summed E-state index contributed by atoms with van der Waals surface area (Å²) >= 11 is 0. The lowest BCUT2D eigenvalue weighted by Crippen LogP contribution is -2.09. The third-order valence-electron chi connectivity index (χ3n) is 2.72. The molecule has 2 heteroatoms. The zero-order valence-corrected chi connectivity index (χ0v) is 10.9. The largest absolute Gasteiger partial charge is 0.462 e. The van der Waals surface area contributed by atoms with E-state index in [0.29, 0.717) is 6.61 Å². The van der Waals surface area contributed by atoms with Crippen molar-refractivity contribution in [2.24, 2.45) is 0 Å². The van der Waals surface area contributed by atoms with Gasteiger partial charge < -0.3 is 4.74 Å². The molecule has 0 aliphatic carbocycles. The second kappa shape index (κ2) is 7.88. The number of aryl methyl sites for hydroxylation is 1. The van der Waals surface area contributed by atoms with Crippen molar-refractivity contribution < 1.29 is 9.53 Å². The average molecular weight is 234 g/mol. The molecule has 2 nitrogen and oxygen atoms in total. The van der Waals surface area contributed by atoms with Gasteiger partial charge in [-0.25, -0.2) is 4.79 Å². The van der Waals surface area contributed by atoms with E-state index in [1.807, 2.05) is 31.2 Å². The zero-order valence-electron chi connectivity index (χ0n) is 10.9. The van der Waals surface area contributed by atoms with Crippen molar-refractivity contribution in [2.75, 3.05) is 6.61 Å². The fourth-order valence-corrected chi connectivity index (χ4v) is 1.78. The Labute approximate surface area is 104 Å². The molecule has 0 N–H and O–H groups in total. The molecule has 0 atom stereocenters. The number of ether oxygens (including phenoxy) is 1. The number of esters is 1. The monoisotopic (exact) mass is 234 g/mol. The van der Waals surface area contributed by atoms with Gasteiger partial charge in [0.1, 0.15) is 0 Å². The van der Waals surface area contributed by atoms with Gasteiger partial charge in [-0.3, -0.25) is 0 Å². The van der Waals surface area contributed by atoms with Crippen LogP contribution in [0.2, 0.25) is 0 Å². The topological polar surface area (TPSA) is 26.3 Å². The molecule has 0 radical (unpaired) electrons. The van der Waals surface area contributed by atoms with Crippen molar-refractivity contribution in [1.82, 2.24) is 0 Å². The second-order valence-electron chi connectivity index (χ2n) is 4.25. The quantitative estimate of drug-likeness (QED) is 0.527. The standard InChI is InChI=1S/C15H22O2/c1-3-5-6-9-13-10-7-8-11-14(13)15(16)17-12-4-2/h7-8,10-11H,3-6,9,12H2,1-2H3. The number of benzene rings is 1. The molecule has 1 aromatic carbocycles. The lowest BCUT2D eigenvalue weighted by Gasteiger charge is -2.08. The molecule has 0 aliphatic heterocycles. The third kappa shape index (κ3) is 4.59. The molecule has 94 valence electrons. The molecule has 0 spiro atoms. The van der Waals surface area contributed by atoms with Crippen LogP contribution in [0.5, 0.6) is 0 Å². The first-order chi connectivity index (χ1) is 8.29. The highest BCUT2D eigenvalue weighted by Crippen LogP contribution is 2.14. The van der Waals surface area contributed by atoms with E-state index >= 15 is 0 Å². The molecule has 0 saturated carbocycles. The van der Waals surface area contributed by atoms with Gasteiger partial charge in [-0.05, 0) is 30.9 Å². The van der Waals surface area contributed by atoms with Crippen LogP contribution < -0.4 is 0 Å². The van der Waals surface area contributed by atoms with E-state index in [9.17, 15) is 4.79 Å². The summed E-state index contributed by atoms with van der Waals surface area (Å²) in [5, 5.41) is 0. The Kier molecular flexibility index (Phi) is 6.38. The summed E-state index contributed by atoms with van der Waals surface area (Å²) in [6.07, 6.45) is 5.37. The number of hydrogen-bond acceptors (Lipinski definition) is 2. The first kappa shape index (κ1) is 13.8. The Morgan fingerprint density at radius 1 is 1.12 bits per heavy atom. The van der Waals surface area contributed by atoms with Gasteiger partial charge in [0.25, 0.3) is 0 Å². The van der Waals surface area contributed by atoms with Crippen LogP contribution >= 0.6 is 0 Å². The van der Waals surface area contributed by atoms with Crippen LogP contribution in [0.25, 0.3) is 0 Å². The molecule has 0 amide bonds. The molecule has 1 aromatic rings. The fourth-order valence-electron chi connectivity index (χ4n) is 1.78. The van der Waals surface area contributed by atoms with Gasteiger partial charge in [-0.15, -0.1) is 0 Å². The average Bonchev–Trinajstić information content (AvgIpc) is 2.37. The third-order valence-corrected chi connectivity index (χ3v) is 2.72. The smallest absolute Gasteiger partial charge is 0.338 e. The van der Waals surface area contributed by atoms with Gasteiger partial charge in [-0.1, -0.05) is 44.9 Å². The normalized spacial score (nSPS) is 10.2. The van der Waals surface area contributed by atoms with Gasteiger partial charge in [0.2, 0.25) is 0 Å². The molecule has 0 bridgehead atoms. The molecule has 0 saturated heterocycles.